The van der Waals surface area contributed by atoms with Crippen molar-refractivity contribution >= 4 is 5.91 Å². The fourth-order valence-electron chi connectivity index (χ4n) is 1.62. The van der Waals surface area contributed by atoms with Gasteiger partial charge in [-0.25, -0.2) is 0 Å². The Labute approximate surface area is 108 Å². The molecule has 0 saturated carbocycles. The van der Waals surface area contributed by atoms with E-state index in [9.17, 15) is 4.79 Å². The number of nitrogens with one attached hydrogen (secondary N) is 1. The van der Waals surface area contributed by atoms with Crippen LogP contribution in [0, 0.1) is 11.3 Å². The molecule has 0 aliphatic heterocycles. The monoisotopic (exact) mass is 246 g/mol. The van der Waals surface area contributed by atoms with Gasteiger partial charge in [0.2, 0.25) is 5.91 Å². The highest BCUT2D eigenvalue weighted by atomic mass is 16.5. The Morgan fingerprint density at radius 2 is 2.11 bits per heavy atom. The summed E-state index contributed by atoms with van der Waals surface area (Å²) in [5, 5.41) is 11.8. The average molecular weight is 246 g/mol. The third-order valence-electron chi connectivity index (χ3n) is 2.60. The molecule has 1 atom stereocenters. The van der Waals surface area contributed by atoms with Crippen molar-refractivity contribution in [1.82, 2.24) is 5.32 Å². The zero-order valence-corrected chi connectivity index (χ0v) is 10.6. The molecule has 0 fully saturated rings. The van der Waals surface area contributed by atoms with Crippen molar-refractivity contribution < 1.29 is 9.53 Å². The molecular weight excluding hydrogens is 228 g/mol. The molecule has 1 unspecified atom stereocenters. The molecule has 1 amide bonds. The lowest BCUT2D eigenvalue weighted by Crippen LogP contribution is -2.29. The van der Waals surface area contributed by atoms with Gasteiger partial charge in [-0.05, 0) is 18.4 Å². The molecule has 1 aromatic carbocycles. The van der Waals surface area contributed by atoms with Crippen LogP contribution >= 0.6 is 0 Å². The van der Waals surface area contributed by atoms with Crippen LogP contribution in [-0.4, -0.2) is 26.2 Å². The van der Waals surface area contributed by atoms with Gasteiger partial charge in [-0.15, -0.1) is 0 Å². The molecule has 0 aliphatic carbocycles. The normalized spacial score (nSPS) is 11.6. The van der Waals surface area contributed by atoms with E-state index in [-0.39, 0.29) is 5.91 Å². The third-order valence-corrected chi connectivity index (χ3v) is 2.60. The Balaban J connectivity index is 2.42. The molecule has 96 valence electrons. The number of amides is 1. The first kappa shape index (κ1) is 14.2. The molecule has 0 heterocycles. The number of rotatable bonds is 7. The van der Waals surface area contributed by atoms with E-state index in [1.165, 1.54) is 0 Å². The molecular formula is C14H18N2O2. The van der Waals surface area contributed by atoms with Gasteiger partial charge in [0, 0.05) is 20.3 Å². The van der Waals surface area contributed by atoms with Gasteiger partial charge in [0.1, 0.15) is 5.92 Å². The van der Waals surface area contributed by atoms with Crippen molar-refractivity contribution in [1.29, 1.82) is 5.26 Å². The molecule has 1 N–H and O–H groups in total. The summed E-state index contributed by atoms with van der Waals surface area (Å²) in [6.07, 6.45) is 1.76. The summed E-state index contributed by atoms with van der Waals surface area (Å²) in [7, 11) is 1.65. The van der Waals surface area contributed by atoms with Gasteiger partial charge in [-0.1, -0.05) is 30.3 Å². The van der Waals surface area contributed by atoms with Gasteiger partial charge in [0.15, 0.2) is 0 Å². The van der Waals surface area contributed by atoms with Crippen LogP contribution in [0.3, 0.4) is 0 Å². The maximum absolute atomic E-state index is 11.8. The number of unbranched alkanes of at least 4 members (excludes halogenated alkanes) is 1. The van der Waals surface area contributed by atoms with E-state index in [4.69, 9.17) is 10.00 Å². The molecule has 0 aliphatic rings. The highest BCUT2D eigenvalue weighted by Gasteiger charge is 2.18. The fraction of sp³-hybridized carbons (Fsp3) is 0.429. The average Bonchev–Trinajstić information content (AvgIpc) is 2.40. The maximum atomic E-state index is 11.8. The SMILES string of the molecule is COCCCCNC(=O)C(C#N)c1ccccc1. The summed E-state index contributed by atoms with van der Waals surface area (Å²) in [6, 6.07) is 11.1. The topological polar surface area (TPSA) is 62.1 Å². The van der Waals surface area contributed by atoms with Gasteiger partial charge in [-0.2, -0.15) is 5.26 Å². The van der Waals surface area contributed by atoms with Crippen LogP contribution in [0.4, 0.5) is 0 Å². The Hall–Kier alpha value is -1.86. The zero-order valence-electron chi connectivity index (χ0n) is 10.6. The molecule has 4 nitrogen and oxygen atoms in total. The van der Waals surface area contributed by atoms with Crippen molar-refractivity contribution in [2.24, 2.45) is 0 Å². The summed E-state index contributed by atoms with van der Waals surface area (Å²) >= 11 is 0. The van der Waals surface area contributed by atoms with Crippen molar-refractivity contribution in [3.8, 4) is 6.07 Å². The van der Waals surface area contributed by atoms with E-state index in [1.54, 1.807) is 19.2 Å². The molecule has 18 heavy (non-hydrogen) atoms. The summed E-state index contributed by atoms with van der Waals surface area (Å²) in [5.74, 6) is -0.963. The van der Waals surface area contributed by atoms with Crippen LogP contribution in [-0.2, 0) is 9.53 Å². The molecule has 1 aromatic rings. The van der Waals surface area contributed by atoms with Crippen molar-refractivity contribution in [2.75, 3.05) is 20.3 Å². The molecule has 4 heteroatoms. The molecule has 0 aromatic heterocycles. The van der Waals surface area contributed by atoms with Crippen molar-refractivity contribution in [2.45, 2.75) is 18.8 Å². The molecule has 0 spiro atoms. The lowest BCUT2D eigenvalue weighted by Gasteiger charge is -2.10. The van der Waals surface area contributed by atoms with Crippen molar-refractivity contribution in [3.05, 3.63) is 35.9 Å². The van der Waals surface area contributed by atoms with Crippen LogP contribution in [0.5, 0.6) is 0 Å². The van der Waals surface area contributed by atoms with Crippen LogP contribution in [0.15, 0.2) is 30.3 Å². The number of benzene rings is 1. The van der Waals surface area contributed by atoms with Gasteiger partial charge in [-0.3, -0.25) is 4.79 Å². The quantitative estimate of drug-likeness (QED) is 0.747. The van der Waals surface area contributed by atoms with Gasteiger partial charge < -0.3 is 10.1 Å². The number of carbonyl (C=O) groups is 1. The predicted octanol–water partition coefficient (Wildman–Crippen LogP) is 1.84. The first-order valence-corrected chi connectivity index (χ1v) is 6.00. The number of nitrogens with zero attached hydrogens (tertiary/aromatic N) is 1. The predicted molar refractivity (Wildman–Crippen MR) is 68.9 cm³/mol. The Morgan fingerprint density at radius 1 is 1.39 bits per heavy atom. The second-order valence-electron chi connectivity index (χ2n) is 3.96. The van der Waals surface area contributed by atoms with Crippen molar-refractivity contribution in [3.63, 3.8) is 0 Å². The van der Waals surface area contributed by atoms with Crippen LogP contribution < -0.4 is 5.32 Å². The first-order chi connectivity index (χ1) is 8.79. The number of ether oxygens (including phenoxy) is 1. The van der Waals surface area contributed by atoms with E-state index in [1.807, 2.05) is 24.3 Å². The summed E-state index contributed by atoms with van der Waals surface area (Å²) in [4.78, 5) is 11.8. The summed E-state index contributed by atoms with van der Waals surface area (Å²) < 4.78 is 4.92. The number of hydrogen-bond acceptors (Lipinski definition) is 3. The molecule has 0 radical (unpaired) electrons. The third kappa shape index (κ3) is 4.56. The lowest BCUT2D eigenvalue weighted by atomic mass is 10.00. The van der Waals surface area contributed by atoms with Crippen LogP contribution in [0.25, 0.3) is 0 Å². The van der Waals surface area contributed by atoms with E-state index in [2.05, 4.69) is 5.32 Å². The van der Waals surface area contributed by atoms with Gasteiger partial charge in [0.05, 0.1) is 6.07 Å². The van der Waals surface area contributed by atoms with Gasteiger partial charge in [0.25, 0.3) is 0 Å². The number of nitriles is 1. The zero-order chi connectivity index (χ0) is 13.2. The summed E-state index contributed by atoms with van der Waals surface area (Å²) in [5.41, 5.74) is 0.731. The van der Waals surface area contributed by atoms with E-state index in [0.717, 1.165) is 18.4 Å². The first-order valence-electron chi connectivity index (χ1n) is 6.00. The second-order valence-corrected chi connectivity index (χ2v) is 3.96. The van der Waals surface area contributed by atoms with Crippen LogP contribution in [0.1, 0.15) is 24.3 Å². The van der Waals surface area contributed by atoms with E-state index >= 15 is 0 Å². The Bertz CT molecular complexity index is 398. The largest absolute Gasteiger partial charge is 0.385 e. The minimum Gasteiger partial charge on any atom is -0.385 e. The smallest absolute Gasteiger partial charge is 0.241 e. The highest BCUT2D eigenvalue weighted by Crippen LogP contribution is 2.14. The highest BCUT2D eigenvalue weighted by molar-refractivity contribution is 5.86. The molecule has 0 saturated heterocycles. The van der Waals surface area contributed by atoms with E-state index < -0.39 is 5.92 Å². The molecule has 1 rings (SSSR count). The molecule has 0 bridgehead atoms. The lowest BCUT2D eigenvalue weighted by molar-refractivity contribution is -0.121. The van der Waals surface area contributed by atoms with Gasteiger partial charge >= 0.3 is 0 Å². The number of hydrogen-bond donors (Lipinski definition) is 1. The Kier molecular flexibility index (Phi) is 6.52. The van der Waals surface area contributed by atoms with E-state index in [0.29, 0.717) is 13.2 Å². The fourth-order valence-corrected chi connectivity index (χ4v) is 1.62. The second kappa shape index (κ2) is 8.26. The van der Waals surface area contributed by atoms with Crippen LogP contribution in [0.2, 0.25) is 0 Å². The Morgan fingerprint density at radius 3 is 2.72 bits per heavy atom. The minimum absolute atomic E-state index is 0.235. The summed E-state index contributed by atoms with van der Waals surface area (Å²) in [6.45, 7) is 1.27. The minimum atomic E-state index is -0.728. The number of methoxy groups -OCH3 is 1. The number of carbonyl (C=O) groups excluding carboxylic acids is 1. The standard InChI is InChI=1S/C14H18N2O2/c1-18-10-6-5-9-16-14(17)13(11-15)12-7-3-2-4-8-12/h2-4,7-8,13H,5-6,9-10H2,1H3,(H,16,17). The maximum Gasteiger partial charge on any atom is 0.241 e.